The molecule has 2 aromatic carbocycles. The number of nitrogens with zero attached hydrogens (tertiary/aromatic N) is 8. The molecule has 0 atom stereocenters. The fourth-order valence-corrected chi connectivity index (χ4v) is 13.2. The molecular weight excluding hydrogens is 1080 g/mol. The van der Waals surface area contributed by atoms with Crippen molar-refractivity contribution in [2.24, 2.45) is 21.0 Å². The number of aromatic nitrogens is 2. The van der Waals surface area contributed by atoms with Gasteiger partial charge in [-0.25, -0.2) is 42.1 Å². The van der Waals surface area contributed by atoms with E-state index in [0.29, 0.717) is 45.8 Å². The average Bonchev–Trinajstić information content (AvgIpc) is 4.07. The number of thioether (sulfide) groups is 1. The van der Waals surface area contributed by atoms with Crippen LogP contribution in [-0.2, 0) is 45.7 Å². The van der Waals surface area contributed by atoms with Crippen LogP contribution in [0.15, 0.2) is 73.7 Å². The number of aryl methyl sites for hydroxylation is 1. The Hall–Kier alpha value is -6.57. The van der Waals surface area contributed by atoms with E-state index >= 15 is 0 Å². The van der Waals surface area contributed by atoms with Crippen LogP contribution in [0.2, 0.25) is 0 Å². The molecule has 9 rings (SSSR count). The molecule has 6 aromatic rings. The smallest absolute Gasteiger partial charge is 0.238 e. The number of anilines is 4. The van der Waals surface area contributed by atoms with Gasteiger partial charge in [0, 0.05) is 64.0 Å². The number of nitrogens with two attached hydrogens (primary N) is 3. The zero-order chi connectivity index (χ0) is 55.4. The maximum atomic E-state index is 11.8. The average molecular weight is 1140 g/mol. The number of thiophene rings is 3. The normalized spacial score (nSPS) is 13.1. The molecule has 76 heavy (non-hydrogen) atoms. The third-order valence-corrected chi connectivity index (χ3v) is 17.8. The number of fused-ring (bicyclic) bond motifs is 5. The van der Waals surface area contributed by atoms with E-state index in [1.165, 1.54) is 58.3 Å². The number of carbonyl (C=O) groups excluding carboxylic acids is 2. The summed E-state index contributed by atoms with van der Waals surface area (Å²) in [5.41, 5.74) is 13.8. The number of primary sulfonamides is 2. The first kappa shape index (κ1) is 62.0. The van der Waals surface area contributed by atoms with Gasteiger partial charge in [0.15, 0.2) is 11.6 Å². The Bertz CT molecular complexity index is 3480. The van der Waals surface area contributed by atoms with Crippen molar-refractivity contribution in [3.63, 3.8) is 0 Å². The second kappa shape index (κ2) is 27.5. The van der Waals surface area contributed by atoms with Crippen molar-refractivity contribution in [1.29, 1.82) is 15.8 Å². The molecule has 19 nitrogen and oxygen atoms in total. The molecule has 3 aliphatic carbocycles. The highest BCUT2D eigenvalue weighted by Gasteiger charge is 2.30. The van der Waals surface area contributed by atoms with Gasteiger partial charge in [-0.3, -0.25) is 9.59 Å². The fourth-order valence-electron chi connectivity index (χ4n) is 7.96. The fraction of sp³-hybridized carbons (Fsp3) is 0.333. The Kier molecular flexibility index (Phi) is 22.4. The zero-order valence-corrected chi connectivity index (χ0v) is 47.5. The van der Waals surface area contributed by atoms with Crippen molar-refractivity contribution in [3.8, 4) is 29.5 Å². The molecule has 0 bridgehead atoms. The molecule has 0 aliphatic heterocycles. The summed E-state index contributed by atoms with van der Waals surface area (Å²) in [6.45, 7) is 1.61. The van der Waals surface area contributed by atoms with Gasteiger partial charge in [0.2, 0.25) is 26.0 Å². The second-order valence-corrected chi connectivity index (χ2v) is 24.4. The minimum Gasteiger partial charge on any atom is -0.387 e. The number of benzene rings is 2. The molecule has 3 aliphatic rings. The van der Waals surface area contributed by atoms with E-state index in [1.807, 2.05) is 58.3 Å². The van der Waals surface area contributed by atoms with Crippen LogP contribution in [0.4, 0.5) is 27.3 Å². The number of nitriles is 3. The van der Waals surface area contributed by atoms with Gasteiger partial charge in [-0.1, -0.05) is 19.6 Å². The van der Waals surface area contributed by atoms with Crippen molar-refractivity contribution in [2.45, 2.75) is 79.7 Å². The molecule has 0 amide bonds. The Morgan fingerprint density at radius 2 is 1.21 bits per heavy atom. The maximum Gasteiger partial charge on any atom is 0.238 e. The molecule has 402 valence electrons. The molecule has 0 fully saturated rings. The number of nitrogens with one attached hydrogen (secondary N) is 2. The summed E-state index contributed by atoms with van der Waals surface area (Å²) in [5, 5.41) is 45.3. The van der Waals surface area contributed by atoms with E-state index in [9.17, 15) is 31.7 Å². The van der Waals surface area contributed by atoms with E-state index in [-0.39, 0.29) is 28.8 Å². The number of Topliss-reactive ketones (excluding diaryl/α,β-unsaturated/α-hetero) is 2. The largest absolute Gasteiger partial charge is 0.387 e. The number of aliphatic imine (C=N–C) groups is 1. The third kappa shape index (κ3) is 15.3. The number of hydrogen-bond acceptors (Lipinski definition) is 20. The monoisotopic (exact) mass is 1140 g/mol. The zero-order valence-electron chi connectivity index (χ0n) is 42.6. The molecule has 4 aromatic heterocycles. The SMILES string of the molecule is C.CC(N)=Nc1cccc(S(N)(=O)=O)c1.CN(C)c1sc(C#N)c2c1-c1nc(Nc3cccc(S(N)(=O)=O)c3)ncc1CC2.CN(C)c1sc(C#N)c2c1C(=O)CCC2.CNC.CSc1sc(C#N)c2c1C(=O)CCC2. The summed E-state index contributed by atoms with van der Waals surface area (Å²) in [6.07, 6.45) is 10.1. The maximum absolute atomic E-state index is 11.8. The number of ketones is 2. The molecule has 0 saturated carbocycles. The topological polar surface area (TPSA) is 321 Å². The molecular formula is C51H61N13O6S6. The van der Waals surface area contributed by atoms with Crippen molar-refractivity contribution in [3.05, 3.63) is 103 Å². The summed E-state index contributed by atoms with van der Waals surface area (Å²) in [5.74, 6) is 1.11. The highest BCUT2D eigenvalue weighted by atomic mass is 32.2. The van der Waals surface area contributed by atoms with Crippen molar-refractivity contribution in [2.75, 3.05) is 63.7 Å². The quantitative estimate of drug-likeness (QED) is 0.0541. The summed E-state index contributed by atoms with van der Waals surface area (Å²) < 4.78 is 46.1. The number of carbonyl (C=O) groups is 2. The number of sulfonamides is 2. The second-order valence-electron chi connectivity index (χ2n) is 17.2. The highest BCUT2D eigenvalue weighted by molar-refractivity contribution is 8.00. The van der Waals surface area contributed by atoms with Crippen molar-refractivity contribution < 1.29 is 26.4 Å². The lowest BCUT2D eigenvalue weighted by molar-refractivity contribution is 0.0963. The van der Waals surface area contributed by atoms with Crippen LogP contribution in [-0.4, -0.2) is 92.7 Å². The first-order valence-electron chi connectivity index (χ1n) is 22.9. The predicted octanol–water partition coefficient (Wildman–Crippen LogP) is 8.51. The molecule has 0 spiro atoms. The van der Waals surface area contributed by atoms with Gasteiger partial charge < -0.3 is 26.2 Å². The van der Waals surface area contributed by atoms with Gasteiger partial charge in [0.05, 0.1) is 36.8 Å². The standard InChI is InChI=1S/C19H18N6O2S2.C11H12N2OS.C10H9NOS2.C8H11N3O2S.C2H7N.CH4/c1-25(2)18-16-14(15(9-20)28-18)7-6-11-10-22-19(24-17(11)16)23-12-4-3-5-13(8-12)29(21,26)27;1-13(2)11-10-7(9(6-12)15-11)4-3-5-8(10)14;1-13-10-9-6(8(5-11)14-10)3-2-4-7(9)12;1-6(9)11-7-3-2-4-8(5-7)14(10,12)13;1-3-2;/h3-5,8,10H,6-7H2,1-2H3,(H2,21,26,27)(H,22,23,24);3-5H2,1-2H3;2-4H2,1H3;2-5H,1H3,(H2,9,11)(H2,10,12,13);3H,1-2H3;1H4. The minimum absolute atomic E-state index is 0. The Morgan fingerprint density at radius 1 is 0.724 bits per heavy atom. The highest BCUT2D eigenvalue weighted by Crippen LogP contribution is 2.46. The molecule has 0 radical (unpaired) electrons. The van der Waals surface area contributed by atoms with E-state index in [1.54, 1.807) is 49.1 Å². The van der Waals surface area contributed by atoms with Crippen LogP contribution in [0.25, 0.3) is 11.3 Å². The van der Waals surface area contributed by atoms with Gasteiger partial charge in [-0.05, 0) is 124 Å². The predicted molar refractivity (Wildman–Crippen MR) is 308 cm³/mol. The lowest BCUT2D eigenvalue weighted by Crippen LogP contribution is -2.15. The summed E-state index contributed by atoms with van der Waals surface area (Å²) in [6, 6.07) is 18.8. The van der Waals surface area contributed by atoms with Crippen molar-refractivity contribution in [1.82, 2.24) is 15.3 Å². The van der Waals surface area contributed by atoms with Gasteiger partial charge in [0.1, 0.15) is 42.8 Å². The van der Waals surface area contributed by atoms with Gasteiger partial charge >= 0.3 is 0 Å². The van der Waals surface area contributed by atoms with E-state index in [2.05, 4.69) is 38.8 Å². The first-order valence-corrected chi connectivity index (χ1v) is 29.7. The minimum atomic E-state index is -3.80. The van der Waals surface area contributed by atoms with Crippen LogP contribution in [0.1, 0.15) is 97.6 Å². The van der Waals surface area contributed by atoms with Crippen LogP contribution >= 0.6 is 45.8 Å². The first-order chi connectivity index (χ1) is 35.5. The Labute approximate surface area is 461 Å². The van der Waals surface area contributed by atoms with E-state index in [4.69, 9.17) is 31.5 Å². The Balaban J connectivity index is 0.000000227. The van der Waals surface area contributed by atoms with E-state index < -0.39 is 20.0 Å². The summed E-state index contributed by atoms with van der Waals surface area (Å²) in [4.78, 5) is 42.6. The van der Waals surface area contributed by atoms with Crippen LogP contribution in [0, 0.1) is 34.0 Å². The van der Waals surface area contributed by atoms with Crippen LogP contribution in [0.3, 0.4) is 0 Å². The van der Waals surface area contributed by atoms with E-state index in [0.717, 1.165) is 102 Å². The lowest BCUT2D eigenvalue weighted by Gasteiger charge is -2.20. The Morgan fingerprint density at radius 3 is 1.72 bits per heavy atom. The van der Waals surface area contributed by atoms with Crippen molar-refractivity contribution >= 4 is 111 Å². The third-order valence-electron chi connectivity index (χ3n) is 11.1. The van der Waals surface area contributed by atoms with Gasteiger partial charge in [-0.2, -0.15) is 15.8 Å². The van der Waals surface area contributed by atoms with Crippen LogP contribution in [0.5, 0.6) is 0 Å². The lowest BCUT2D eigenvalue weighted by atomic mass is 9.91. The molecule has 25 heteroatoms. The molecule has 8 N–H and O–H groups in total. The van der Waals surface area contributed by atoms with Gasteiger partial charge in [-0.15, -0.1) is 45.8 Å². The number of amidine groups is 1. The number of rotatable bonds is 8. The van der Waals surface area contributed by atoms with Gasteiger partial charge in [0.25, 0.3) is 0 Å². The molecule has 4 heterocycles. The number of hydrogen-bond donors (Lipinski definition) is 5. The molecule has 0 saturated heterocycles. The summed E-state index contributed by atoms with van der Waals surface area (Å²) in [7, 11) is 3.99. The molecule has 0 unspecified atom stereocenters. The summed E-state index contributed by atoms with van der Waals surface area (Å²) >= 11 is 5.93. The van der Waals surface area contributed by atoms with Crippen LogP contribution < -0.4 is 36.4 Å².